The molecule has 0 bridgehead atoms. The Labute approximate surface area is 479 Å². The Bertz CT molecular complexity index is 1600. The summed E-state index contributed by atoms with van der Waals surface area (Å²) in [5.41, 5.74) is 0. The van der Waals surface area contributed by atoms with Crippen LogP contribution in [0.25, 0.3) is 0 Å². The molecule has 17 nitrogen and oxygen atoms in total. The SMILES string of the molecule is CCC(C)CCCCCCCCC(=O)O[C@H](COC(=O)CCCCCCCCC(C)C)COP(=O)(O)OC[C@H](O)COP(=O)(O)OC[C@@H](COC(=O)CCCCCCCCC(C)C)OC(=O)CCCCCCCCCCC(C)C. The second-order valence-corrected chi connectivity index (χ2v) is 26.3. The third-order valence-electron chi connectivity index (χ3n) is 13.9. The number of phosphoric acid groups is 2. The van der Waals surface area contributed by atoms with Gasteiger partial charge in [0.15, 0.2) is 12.2 Å². The lowest BCUT2D eigenvalue weighted by molar-refractivity contribution is -0.161. The zero-order valence-corrected chi connectivity index (χ0v) is 52.8. The van der Waals surface area contributed by atoms with Gasteiger partial charge < -0.3 is 33.8 Å². The van der Waals surface area contributed by atoms with E-state index in [4.69, 9.17) is 37.0 Å². The van der Waals surface area contributed by atoms with Gasteiger partial charge in [-0.25, -0.2) is 9.13 Å². The normalized spacial score (nSPS) is 14.9. The van der Waals surface area contributed by atoms with Crippen molar-refractivity contribution in [1.82, 2.24) is 0 Å². The first-order chi connectivity index (χ1) is 37.6. The number of hydrogen-bond donors (Lipinski definition) is 3. The number of ether oxygens (including phenoxy) is 4. The standard InChI is InChI=1S/C60H116O17P2/c1-9-53(8)39-31-23-16-19-27-35-43-60(65)77-56(47-71-58(63)41-33-25-18-15-22-30-38-52(6)7)49-75-79(68,69)73-45-54(61)44-72-78(66,67)74-48-55(46-70-57(62)40-32-24-17-14-21-29-37-51(4)5)76-59(64)42-34-26-13-11-10-12-20-28-36-50(2)3/h50-56,61H,9-49H2,1-8H3,(H,66,67)(H,68,69)/t53?,54-,55-,56-/m1/s1. The third kappa shape index (κ3) is 53.8. The van der Waals surface area contributed by atoms with Crippen LogP contribution >= 0.6 is 15.6 Å². The Hall–Kier alpha value is -1.94. The van der Waals surface area contributed by atoms with E-state index in [9.17, 15) is 43.2 Å². The summed E-state index contributed by atoms with van der Waals surface area (Å²) in [6.45, 7) is 13.8. The highest BCUT2D eigenvalue weighted by Gasteiger charge is 2.30. The molecule has 0 aliphatic heterocycles. The summed E-state index contributed by atoms with van der Waals surface area (Å²) >= 11 is 0. The largest absolute Gasteiger partial charge is 0.472 e. The molecule has 0 aliphatic rings. The Balaban J connectivity index is 5.25. The van der Waals surface area contributed by atoms with E-state index in [0.29, 0.717) is 37.5 Å². The van der Waals surface area contributed by atoms with Gasteiger partial charge in [0.2, 0.25) is 0 Å². The fourth-order valence-corrected chi connectivity index (χ4v) is 10.3. The highest BCUT2D eigenvalue weighted by molar-refractivity contribution is 7.47. The number of phosphoric ester groups is 2. The van der Waals surface area contributed by atoms with E-state index in [2.05, 4.69) is 55.4 Å². The van der Waals surface area contributed by atoms with Crippen LogP contribution in [-0.4, -0.2) is 96.7 Å². The monoisotopic (exact) mass is 1170 g/mol. The van der Waals surface area contributed by atoms with E-state index < -0.39 is 97.5 Å². The molecule has 0 aromatic rings. The minimum Gasteiger partial charge on any atom is -0.462 e. The molecular weight excluding hydrogens is 1050 g/mol. The number of carbonyl (C=O) groups is 4. The highest BCUT2D eigenvalue weighted by Crippen LogP contribution is 2.45. The second-order valence-electron chi connectivity index (χ2n) is 23.4. The van der Waals surface area contributed by atoms with Crippen molar-refractivity contribution in [3.05, 3.63) is 0 Å². The number of unbranched alkanes of at least 4 members (excludes halogenated alkanes) is 22. The van der Waals surface area contributed by atoms with Crippen LogP contribution in [0.2, 0.25) is 0 Å². The van der Waals surface area contributed by atoms with E-state index in [0.717, 1.165) is 115 Å². The van der Waals surface area contributed by atoms with Gasteiger partial charge in [-0.15, -0.1) is 0 Å². The third-order valence-corrected chi connectivity index (χ3v) is 15.8. The Kier molecular flexibility index (Phi) is 49.3. The lowest BCUT2D eigenvalue weighted by Gasteiger charge is -2.21. The van der Waals surface area contributed by atoms with E-state index >= 15 is 0 Å². The topological polar surface area (TPSA) is 237 Å². The maximum Gasteiger partial charge on any atom is 0.472 e. The number of esters is 4. The van der Waals surface area contributed by atoms with Gasteiger partial charge in [0.1, 0.15) is 19.3 Å². The minimum atomic E-state index is -4.94. The lowest BCUT2D eigenvalue weighted by atomic mass is 10.00. The van der Waals surface area contributed by atoms with Crippen molar-refractivity contribution in [3.8, 4) is 0 Å². The molecule has 3 unspecified atom stereocenters. The lowest BCUT2D eigenvalue weighted by Crippen LogP contribution is -2.30. The maximum atomic E-state index is 12.9. The Morgan fingerprint density at radius 3 is 0.899 bits per heavy atom. The number of hydrogen-bond acceptors (Lipinski definition) is 15. The molecular formula is C60H116O17P2. The van der Waals surface area contributed by atoms with Crippen LogP contribution in [0.4, 0.5) is 0 Å². The van der Waals surface area contributed by atoms with Gasteiger partial charge in [-0.3, -0.25) is 37.3 Å². The number of aliphatic hydroxyl groups is 1. The summed E-state index contributed by atoms with van der Waals surface area (Å²) in [6.07, 6.45) is 28.4. The molecule has 0 rings (SSSR count). The molecule has 468 valence electrons. The number of carbonyl (C=O) groups excluding carboxylic acids is 4. The molecule has 0 heterocycles. The molecule has 0 saturated heterocycles. The van der Waals surface area contributed by atoms with Crippen LogP contribution in [0, 0.1) is 23.7 Å². The summed E-state index contributed by atoms with van der Waals surface area (Å²) in [5.74, 6) is 0.646. The highest BCUT2D eigenvalue weighted by atomic mass is 31.2. The van der Waals surface area contributed by atoms with E-state index in [1.165, 1.54) is 70.6 Å². The molecule has 0 radical (unpaired) electrons. The Morgan fingerprint density at radius 1 is 0.354 bits per heavy atom. The molecule has 79 heavy (non-hydrogen) atoms. The molecule has 0 aromatic carbocycles. The average molecular weight is 1170 g/mol. The molecule has 0 saturated carbocycles. The summed E-state index contributed by atoms with van der Waals surface area (Å²) in [7, 11) is -9.88. The first kappa shape index (κ1) is 77.1. The van der Waals surface area contributed by atoms with Crippen LogP contribution in [0.1, 0.15) is 280 Å². The van der Waals surface area contributed by atoms with E-state index in [-0.39, 0.29) is 25.7 Å². The zero-order chi connectivity index (χ0) is 59.0. The predicted molar refractivity (Wildman–Crippen MR) is 312 cm³/mol. The van der Waals surface area contributed by atoms with Gasteiger partial charge >= 0.3 is 39.5 Å². The van der Waals surface area contributed by atoms with Crippen molar-refractivity contribution >= 4 is 39.5 Å². The number of rotatable bonds is 57. The quantitative estimate of drug-likeness (QED) is 0.0222. The Morgan fingerprint density at radius 2 is 0.608 bits per heavy atom. The first-order valence-electron chi connectivity index (χ1n) is 31.2. The van der Waals surface area contributed by atoms with Gasteiger partial charge in [0.05, 0.1) is 26.4 Å². The van der Waals surface area contributed by atoms with Crippen LogP contribution in [0.5, 0.6) is 0 Å². The van der Waals surface area contributed by atoms with E-state index in [1.54, 1.807) is 0 Å². The average Bonchev–Trinajstić information content (AvgIpc) is 3.39. The zero-order valence-electron chi connectivity index (χ0n) is 51.0. The van der Waals surface area contributed by atoms with Crippen molar-refractivity contribution in [1.29, 1.82) is 0 Å². The van der Waals surface area contributed by atoms with Crippen LogP contribution in [0.15, 0.2) is 0 Å². The van der Waals surface area contributed by atoms with Gasteiger partial charge in [-0.1, -0.05) is 229 Å². The van der Waals surface area contributed by atoms with Crippen LogP contribution < -0.4 is 0 Å². The summed E-state index contributed by atoms with van der Waals surface area (Å²) in [4.78, 5) is 71.9. The van der Waals surface area contributed by atoms with Crippen LogP contribution in [-0.2, 0) is 65.4 Å². The summed E-state index contributed by atoms with van der Waals surface area (Å²) in [5, 5.41) is 10.5. The van der Waals surface area contributed by atoms with Crippen molar-refractivity contribution < 1.29 is 80.2 Å². The fraction of sp³-hybridized carbons (Fsp3) is 0.933. The first-order valence-corrected chi connectivity index (χ1v) is 34.2. The summed E-state index contributed by atoms with van der Waals surface area (Å²) in [6, 6.07) is 0. The molecule has 0 spiro atoms. The van der Waals surface area contributed by atoms with Gasteiger partial charge in [0.25, 0.3) is 0 Å². The molecule has 19 heteroatoms. The fourth-order valence-electron chi connectivity index (χ4n) is 8.69. The van der Waals surface area contributed by atoms with Gasteiger partial charge in [-0.05, 0) is 49.4 Å². The van der Waals surface area contributed by atoms with Crippen molar-refractivity contribution in [3.63, 3.8) is 0 Å². The van der Waals surface area contributed by atoms with Gasteiger partial charge in [-0.2, -0.15) is 0 Å². The smallest absolute Gasteiger partial charge is 0.462 e. The number of aliphatic hydroxyl groups excluding tert-OH is 1. The van der Waals surface area contributed by atoms with Crippen LogP contribution in [0.3, 0.4) is 0 Å². The maximum absolute atomic E-state index is 12.9. The molecule has 3 N–H and O–H groups in total. The predicted octanol–water partition coefficient (Wildman–Crippen LogP) is 15.8. The van der Waals surface area contributed by atoms with Crippen molar-refractivity contribution in [2.45, 2.75) is 298 Å². The van der Waals surface area contributed by atoms with Gasteiger partial charge in [0, 0.05) is 25.7 Å². The molecule has 0 amide bonds. The van der Waals surface area contributed by atoms with E-state index in [1.807, 2.05) is 0 Å². The van der Waals surface area contributed by atoms with Crippen molar-refractivity contribution in [2.75, 3.05) is 39.6 Å². The molecule has 0 aromatic heterocycles. The minimum absolute atomic E-state index is 0.101. The van der Waals surface area contributed by atoms with Crippen molar-refractivity contribution in [2.24, 2.45) is 23.7 Å². The second kappa shape index (κ2) is 50.6. The molecule has 6 atom stereocenters. The summed E-state index contributed by atoms with van der Waals surface area (Å²) < 4.78 is 67.7. The molecule has 0 fully saturated rings. The molecule has 0 aliphatic carbocycles.